The minimum absolute atomic E-state index is 0.121. The first-order chi connectivity index (χ1) is 8.40. The SMILES string of the molecule is FC(F)(F)C1(Nc2nc3cc(Br)ccc3s2)CC1. The van der Waals surface area contributed by atoms with Crippen LogP contribution in [0.1, 0.15) is 12.8 Å². The first kappa shape index (κ1) is 12.2. The molecule has 7 heteroatoms. The van der Waals surface area contributed by atoms with Crippen LogP contribution >= 0.6 is 27.3 Å². The number of nitrogens with zero attached hydrogens (tertiary/aromatic N) is 1. The third-order valence-electron chi connectivity index (χ3n) is 2.99. The molecule has 1 N–H and O–H groups in total. The van der Waals surface area contributed by atoms with Gasteiger partial charge in [0.15, 0.2) is 5.13 Å². The number of hydrogen-bond donors (Lipinski definition) is 1. The molecule has 0 saturated heterocycles. The zero-order valence-corrected chi connectivity index (χ0v) is 11.4. The van der Waals surface area contributed by atoms with Gasteiger partial charge < -0.3 is 5.32 Å². The molecule has 1 aliphatic carbocycles. The zero-order chi connectivity index (χ0) is 13.0. The van der Waals surface area contributed by atoms with Crippen molar-refractivity contribution in [3.8, 4) is 0 Å². The van der Waals surface area contributed by atoms with Gasteiger partial charge in [0.1, 0.15) is 5.54 Å². The molecule has 0 aliphatic heterocycles. The Morgan fingerprint density at radius 1 is 1.33 bits per heavy atom. The second-order valence-corrected chi connectivity index (χ2v) is 6.28. The van der Waals surface area contributed by atoms with Gasteiger partial charge in [-0.15, -0.1) is 0 Å². The van der Waals surface area contributed by atoms with Crippen LogP contribution in [-0.4, -0.2) is 16.7 Å². The fourth-order valence-electron chi connectivity index (χ4n) is 1.76. The maximum absolute atomic E-state index is 12.8. The number of anilines is 1. The number of thiazole rings is 1. The highest BCUT2D eigenvalue weighted by atomic mass is 79.9. The van der Waals surface area contributed by atoms with Gasteiger partial charge in [-0.1, -0.05) is 27.3 Å². The van der Waals surface area contributed by atoms with Gasteiger partial charge in [0.05, 0.1) is 10.2 Å². The molecule has 0 amide bonds. The van der Waals surface area contributed by atoms with Crippen molar-refractivity contribution in [1.29, 1.82) is 0 Å². The largest absolute Gasteiger partial charge is 0.411 e. The summed E-state index contributed by atoms with van der Waals surface area (Å²) in [6, 6.07) is 5.49. The predicted molar refractivity (Wildman–Crippen MR) is 69.0 cm³/mol. The summed E-state index contributed by atoms with van der Waals surface area (Å²) in [6.45, 7) is 0. The van der Waals surface area contributed by atoms with Gasteiger partial charge in [0, 0.05) is 4.47 Å². The van der Waals surface area contributed by atoms with E-state index >= 15 is 0 Å². The highest BCUT2D eigenvalue weighted by Crippen LogP contribution is 2.51. The molecule has 1 aromatic heterocycles. The number of hydrogen-bond acceptors (Lipinski definition) is 3. The average molecular weight is 337 g/mol. The minimum Gasteiger partial charge on any atom is -0.347 e. The maximum Gasteiger partial charge on any atom is 0.411 e. The molecule has 0 atom stereocenters. The van der Waals surface area contributed by atoms with Gasteiger partial charge in [-0.05, 0) is 31.0 Å². The molecule has 1 fully saturated rings. The molecule has 0 bridgehead atoms. The quantitative estimate of drug-likeness (QED) is 0.869. The zero-order valence-electron chi connectivity index (χ0n) is 9.01. The van der Waals surface area contributed by atoms with Crippen LogP contribution in [0.25, 0.3) is 10.2 Å². The van der Waals surface area contributed by atoms with Crippen LogP contribution < -0.4 is 5.32 Å². The third-order valence-corrected chi connectivity index (χ3v) is 4.43. The van der Waals surface area contributed by atoms with Gasteiger partial charge in [-0.2, -0.15) is 13.2 Å². The van der Waals surface area contributed by atoms with E-state index in [1.165, 1.54) is 11.3 Å². The summed E-state index contributed by atoms with van der Waals surface area (Å²) in [4.78, 5) is 4.19. The Labute approximate surface area is 113 Å². The Bertz CT molecular complexity index is 604. The van der Waals surface area contributed by atoms with E-state index < -0.39 is 11.7 Å². The topological polar surface area (TPSA) is 24.9 Å². The summed E-state index contributed by atoms with van der Waals surface area (Å²) in [5, 5.41) is 2.88. The number of benzene rings is 1. The van der Waals surface area contributed by atoms with E-state index in [0.29, 0.717) is 10.6 Å². The monoisotopic (exact) mass is 336 g/mol. The average Bonchev–Trinajstić information content (AvgIpc) is 2.92. The van der Waals surface area contributed by atoms with Crippen molar-refractivity contribution < 1.29 is 13.2 Å². The van der Waals surface area contributed by atoms with Crippen LogP contribution in [0.3, 0.4) is 0 Å². The van der Waals surface area contributed by atoms with E-state index in [2.05, 4.69) is 26.2 Å². The van der Waals surface area contributed by atoms with Crippen molar-refractivity contribution in [2.24, 2.45) is 0 Å². The summed E-state index contributed by atoms with van der Waals surface area (Å²) in [6.07, 6.45) is -3.97. The minimum atomic E-state index is -4.22. The van der Waals surface area contributed by atoms with Crippen molar-refractivity contribution in [2.45, 2.75) is 24.6 Å². The molecule has 1 heterocycles. The lowest BCUT2D eigenvalue weighted by atomic mass is 10.3. The number of alkyl halides is 3. The fraction of sp³-hybridized carbons (Fsp3) is 0.364. The smallest absolute Gasteiger partial charge is 0.347 e. The van der Waals surface area contributed by atoms with Gasteiger partial charge >= 0.3 is 6.18 Å². The van der Waals surface area contributed by atoms with Crippen molar-refractivity contribution in [3.05, 3.63) is 22.7 Å². The molecule has 1 saturated carbocycles. The molecule has 3 rings (SSSR count). The Morgan fingerprint density at radius 2 is 2.06 bits per heavy atom. The van der Waals surface area contributed by atoms with Gasteiger partial charge in [0.25, 0.3) is 0 Å². The fourth-order valence-corrected chi connectivity index (χ4v) is 3.06. The molecular weight excluding hydrogens is 329 g/mol. The molecule has 0 spiro atoms. The molecule has 2 nitrogen and oxygen atoms in total. The second kappa shape index (κ2) is 3.84. The number of aromatic nitrogens is 1. The number of fused-ring (bicyclic) bond motifs is 1. The lowest BCUT2D eigenvalue weighted by Crippen LogP contribution is -2.38. The first-order valence-corrected chi connectivity index (χ1v) is 6.92. The maximum atomic E-state index is 12.8. The van der Waals surface area contributed by atoms with Crippen molar-refractivity contribution in [3.63, 3.8) is 0 Å². The summed E-state index contributed by atoms with van der Waals surface area (Å²) in [7, 11) is 0. The van der Waals surface area contributed by atoms with E-state index in [4.69, 9.17) is 0 Å². The molecule has 18 heavy (non-hydrogen) atoms. The molecule has 2 aromatic rings. The summed E-state index contributed by atoms with van der Waals surface area (Å²) < 4.78 is 40.2. The van der Waals surface area contributed by atoms with Gasteiger partial charge in [0.2, 0.25) is 0 Å². The summed E-state index contributed by atoms with van der Waals surface area (Å²) >= 11 is 4.56. The molecular formula is C11H8BrF3N2S. The van der Waals surface area contributed by atoms with Gasteiger partial charge in [-0.3, -0.25) is 0 Å². The summed E-state index contributed by atoms with van der Waals surface area (Å²) in [5.41, 5.74) is -1.05. The van der Waals surface area contributed by atoms with E-state index in [-0.39, 0.29) is 12.8 Å². The van der Waals surface area contributed by atoms with Crippen LogP contribution in [0.4, 0.5) is 18.3 Å². The van der Waals surface area contributed by atoms with E-state index in [1.54, 1.807) is 6.07 Å². The normalized spacial score (nSPS) is 18.0. The Kier molecular flexibility index (Phi) is 2.60. The Morgan fingerprint density at radius 3 is 2.67 bits per heavy atom. The van der Waals surface area contributed by atoms with Gasteiger partial charge in [-0.25, -0.2) is 4.98 Å². The molecule has 1 aliphatic rings. The van der Waals surface area contributed by atoms with Crippen molar-refractivity contribution in [2.75, 3.05) is 5.32 Å². The van der Waals surface area contributed by atoms with Crippen LogP contribution in [-0.2, 0) is 0 Å². The first-order valence-electron chi connectivity index (χ1n) is 5.31. The number of rotatable bonds is 2. The molecule has 0 radical (unpaired) electrons. The Hall–Kier alpha value is -0.820. The van der Waals surface area contributed by atoms with E-state index in [9.17, 15) is 13.2 Å². The van der Waals surface area contributed by atoms with Crippen molar-refractivity contribution >= 4 is 42.6 Å². The van der Waals surface area contributed by atoms with Crippen LogP contribution in [0, 0.1) is 0 Å². The molecule has 96 valence electrons. The lowest BCUT2D eigenvalue weighted by Gasteiger charge is -2.19. The molecule has 0 unspecified atom stereocenters. The predicted octanol–water partition coefficient (Wildman–Crippen LogP) is 4.57. The van der Waals surface area contributed by atoms with Crippen LogP contribution in [0.15, 0.2) is 22.7 Å². The number of nitrogens with one attached hydrogen (secondary N) is 1. The van der Waals surface area contributed by atoms with Crippen LogP contribution in [0.5, 0.6) is 0 Å². The van der Waals surface area contributed by atoms with Crippen molar-refractivity contribution in [1.82, 2.24) is 4.98 Å². The highest BCUT2D eigenvalue weighted by molar-refractivity contribution is 9.10. The highest BCUT2D eigenvalue weighted by Gasteiger charge is 2.63. The molecule has 1 aromatic carbocycles. The number of halogens is 4. The lowest BCUT2D eigenvalue weighted by molar-refractivity contribution is -0.151. The third kappa shape index (κ3) is 1.99. The standard InChI is InChI=1S/C11H8BrF3N2S/c12-6-1-2-8-7(5-6)16-9(18-8)17-10(3-4-10)11(13,14)15/h1-2,5H,3-4H2,(H,16,17). The van der Waals surface area contributed by atoms with Crippen LogP contribution in [0.2, 0.25) is 0 Å². The summed E-state index contributed by atoms with van der Waals surface area (Å²) in [5.74, 6) is 0. The second-order valence-electron chi connectivity index (χ2n) is 4.34. The Balaban J connectivity index is 1.92. The van der Waals surface area contributed by atoms with E-state index in [0.717, 1.165) is 9.17 Å². The van der Waals surface area contributed by atoms with E-state index in [1.807, 2.05) is 12.1 Å².